The minimum absolute atomic E-state index is 0.0184. The van der Waals surface area contributed by atoms with E-state index in [9.17, 15) is 4.79 Å². The summed E-state index contributed by atoms with van der Waals surface area (Å²) in [5.74, 6) is 2.89. The fraction of sp³-hybridized carbons (Fsp3) is 0.609. The highest BCUT2D eigenvalue weighted by Crippen LogP contribution is 2.60. The fourth-order valence-corrected chi connectivity index (χ4v) is 7.23. The van der Waals surface area contributed by atoms with Gasteiger partial charge >= 0.3 is 0 Å². The van der Waals surface area contributed by atoms with E-state index >= 15 is 0 Å². The lowest BCUT2D eigenvalue weighted by molar-refractivity contribution is -0.147. The Hall–Kier alpha value is -1.77. The monoisotopic (exact) mass is 348 g/mol. The number of carbonyl (C=O) groups is 1. The lowest BCUT2D eigenvalue weighted by atomic mass is 9.49. The molecule has 1 heterocycles. The van der Waals surface area contributed by atoms with Gasteiger partial charge < -0.3 is 10.3 Å². The maximum absolute atomic E-state index is 13.3. The third-order valence-electron chi connectivity index (χ3n) is 7.95. The zero-order valence-electron chi connectivity index (χ0n) is 15.4. The number of rotatable bonds is 2. The van der Waals surface area contributed by atoms with Gasteiger partial charge in [0.05, 0.1) is 0 Å². The van der Waals surface area contributed by atoms with Gasteiger partial charge in [-0.25, -0.2) is 0 Å². The van der Waals surface area contributed by atoms with Gasteiger partial charge in [-0.3, -0.25) is 4.79 Å². The highest BCUT2D eigenvalue weighted by atomic mass is 16.2. The molecule has 1 atom stereocenters. The van der Waals surface area contributed by atoms with Gasteiger partial charge in [0, 0.05) is 34.5 Å². The van der Waals surface area contributed by atoms with Crippen LogP contribution in [0.3, 0.4) is 0 Å². The number of hydrogen-bond acceptors (Lipinski definition) is 1. The van der Waals surface area contributed by atoms with Gasteiger partial charge in [0.1, 0.15) is 0 Å². The molecule has 136 valence electrons. The van der Waals surface area contributed by atoms with Crippen molar-refractivity contribution < 1.29 is 4.79 Å². The Bertz CT molecular complexity index is 844. The van der Waals surface area contributed by atoms with Crippen molar-refractivity contribution in [3.63, 3.8) is 0 Å². The normalized spacial score (nSPS) is 37.7. The summed E-state index contributed by atoms with van der Waals surface area (Å²) >= 11 is 0. The maximum atomic E-state index is 13.3. The summed E-state index contributed by atoms with van der Waals surface area (Å²) in [5.41, 5.74) is 4.04. The molecule has 0 spiro atoms. The highest BCUT2D eigenvalue weighted by molar-refractivity contribution is 5.86. The topological polar surface area (TPSA) is 44.9 Å². The van der Waals surface area contributed by atoms with Crippen molar-refractivity contribution >= 4 is 16.8 Å². The number of aromatic amines is 1. The third kappa shape index (κ3) is 2.22. The molecule has 4 bridgehead atoms. The maximum Gasteiger partial charge on any atom is 0.226 e. The summed E-state index contributed by atoms with van der Waals surface area (Å²) < 4.78 is 0. The first-order valence-corrected chi connectivity index (χ1v) is 10.6. The fourth-order valence-electron chi connectivity index (χ4n) is 7.23. The number of H-pyrrole nitrogens is 1. The summed E-state index contributed by atoms with van der Waals surface area (Å²) in [6.45, 7) is 0. The smallest absolute Gasteiger partial charge is 0.226 e. The summed E-state index contributed by atoms with van der Waals surface area (Å²) in [7, 11) is 0. The zero-order valence-corrected chi connectivity index (χ0v) is 15.4. The molecule has 26 heavy (non-hydrogen) atoms. The number of fused-ring (bicyclic) bond motifs is 3. The third-order valence-corrected chi connectivity index (χ3v) is 7.95. The molecule has 4 fully saturated rings. The Labute approximate surface area is 154 Å². The Balaban J connectivity index is 1.21. The first kappa shape index (κ1) is 15.3. The second-order valence-corrected chi connectivity index (χ2v) is 9.74. The number of carbonyl (C=O) groups excluding carboxylic acids is 1. The number of amides is 1. The molecule has 1 unspecified atom stereocenters. The summed E-state index contributed by atoms with van der Waals surface area (Å²) in [4.78, 5) is 16.9. The zero-order chi connectivity index (χ0) is 17.3. The Morgan fingerprint density at radius 1 is 1.04 bits per heavy atom. The van der Waals surface area contributed by atoms with Crippen LogP contribution in [0, 0.1) is 23.2 Å². The van der Waals surface area contributed by atoms with Gasteiger partial charge in [-0.05, 0) is 80.8 Å². The van der Waals surface area contributed by atoms with Gasteiger partial charge in [-0.15, -0.1) is 0 Å². The van der Waals surface area contributed by atoms with Crippen molar-refractivity contribution in [3.05, 3.63) is 35.5 Å². The number of aryl methyl sites for hydroxylation is 1. The molecule has 5 aliphatic carbocycles. The van der Waals surface area contributed by atoms with E-state index in [1.54, 1.807) is 0 Å². The van der Waals surface area contributed by atoms with Crippen molar-refractivity contribution in [1.82, 2.24) is 10.3 Å². The van der Waals surface area contributed by atoms with Crippen LogP contribution in [-0.2, 0) is 17.6 Å². The summed E-state index contributed by atoms with van der Waals surface area (Å²) in [6, 6.07) is 8.90. The SMILES string of the molecule is O=C(NC1CCc2c([nH]c3ccccc23)C1)C12CC3CC(CC(C3)C1)C2. The molecule has 5 aliphatic rings. The largest absolute Gasteiger partial charge is 0.358 e. The Kier molecular flexibility index (Phi) is 3.16. The average Bonchev–Trinajstić information content (AvgIpc) is 2.98. The van der Waals surface area contributed by atoms with Crippen molar-refractivity contribution in [2.24, 2.45) is 23.2 Å². The lowest BCUT2D eigenvalue weighted by Gasteiger charge is -2.56. The number of aromatic nitrogens is 1. The van der Waals surface area contributed by atoms with Crippen LogP contribution in [0.2, 0.25) is 0 Å². The first-order chi connectivity index (χ1) is 12.7. The number of nitrogens with one attached hydrogen (secondary N) is 2. The van der Waals surface area contributed by atoms with Crippen LogP contribution in [-0.4, -0.2) is 16.9 Å². The van der Waals surface area contributed by atoms with E-state index in [0.717, 1.165) is 56.3 Å². The number of para-hydroxylation sites is 1. The van der Waals surface area contributed by atoms with E-state index < -0.39 is 0 Å². The predicted octanol–water partition coefficient (Wildman–Crippen LogP) is 4.36. The molecule has 0 saturated heterocycles. The van der Waals surface area contributed by atoms with Gasteiger partial charge in [0.25, 0.3) is 0 Å². The molecule has 3 heteroatoms. The number of benzene rings is 1. The minimum atomic E-state index is -0.0184. The molecule has 3 nitrogen and oxygen atoms in total. The predicted molar refractivity (Wildman–Crippen MR) is 103 cm³/mol. The second-order valence-electron chi connectivity index (χ2n) is 9.74. The Morgan fingerprint density at radius 2 is 1.73 bits per heavy atom. The van der Waals surface area contributed by atoms with E-state index in [-0.39, 0.29) is 5.41 Å². The number of hydrogen-bond donors (Lipinski definition) is 2. The summed E-state index contributed by atoms with van der Waals surface area (Å²) in [6.07, 6.45) is 10.8. The molecule has 0 aliphatic heterocycles. The van der Waals surface area contributed by atoms with Crippen molar-refractivity contribution in [1.29, 1.82) is 0 Å². The highest BCUT2D eigenvalue weighted by Gasteiger charge is 2.54. The second kappa shape index (κ2) is 5.37. The van der Waals surface area contributed by atoms with Crippen LogP contribution in [0.5, 0.6) is 0 Å². The molecule has 1 amide bonds. The van der Waals surface area contributed by atoms with Gasteiger partial charge in [0.2, 0.25) is 5.91 Å². The standard InChI is InChI=1S/C23H28N2O/c26-22(23-11-14-7-15(12-23)9-16(8-14)13-23)24-17-5-6-19-18-3-1-2-4-20(18)25-21(19)10-17/h1-4,14-17,25H,5-13H2,(H,24,26). The molecule has 7 rings (SSSR count). The van der Waals surface area contributed by atoms with Gasteiger partial charge in [-0.1, -0.05) is 18.2 Å². The average molecular weight is 348 g/mol. The van der Waals surface area contributed by atoms with Crippen LogP contribution >= 0.6 is 0 Å². The summed E-state index contributed by atoms with van der Waals surface area (Å²) in [5, 5.41) is 4.87. The molecule has 2 N–H and O–H groups in total. The van der Waals surface area contributed by atoms with E-state index in [0.29, 0.717) is 11.9 Å². The first-order valence-electron chi connectivity index (χ1n) is 10.6. The van der Waals surface area contributed by atoms with E-state index in [1.165, 1.54) is 41.4 Å². The van der Waals surface area contributed by atoms with E-state index in [4.69, 9.17) is 0 Å². The van der Waals surface area contributed by atoms with Crippen molar-refractivity contribution in [2.45, 2.75) is 63.8 Å². The Morgan fingerprint density at radius 3 is 2.46 bits per heavy atom. The molecule has 1 aromatic heterocycles. The van der Waals surface area contributed by atoms with Crippen LogP contribution in [0.15, 0.2) is 24.3 Å². The molecule has 0 radical (unpaired) electrons. The molecule has 1 aromatic carbocycles. The quantitative estimate of drug-likeness (QED) is 0.832. The lowest BCUT2D eigenvalue weighted by Crippen LogP contribution is -2.55. The van der Waals surface area contributed by atoms with Gasteiger partial charge in [0.15, 0.2) is 0 Å². The van der Waals surface area contributed by atoms with Crippen LogP contribution < -0.4 is 5.32 Å². The van der Waals surface area contributed by atoms with Crippen LogP contribution in [0.1, 0.15) is 56.2 Å². The van der Waals surface area contributed by atoms with Crippen molar-refractivity contribution in [3.8, 4) is 0 Å². The molecular formula is C23H28N2O. The van der Waals surface area contributed by atoms with Crippen LogP contribution in [0.25, 0.3) is 10.9 Å². The van der Waals surface area contributed by atoms with Gasteiger partial charge in [-0.2, -0.15) is 0 Å². The minimum Gasteiger partial charge on any atom is -0.358 e. The molecule has 2 aromatic rings. The van der Waals surface area contributed by atoms with E-state index in [1.807, 2.05) is 0 Å². The molecular weight excluding hydrogens is 320 g/mol. The molecule has 4 saturated carbocycles. The van der Waals surface area contributed by atoms with E-state index in [2.05, 4.69) is 34.6 Å². The van der Waals surface area contributed by atoms with Crippen LogP contribution in [0.4, 0.5) is 0 Å². The van der Waals surface area contributed by atoms with Crippen molar-refractivity contribution in [2.75, 3.05) is 0 Å².